The second-order valence-electron chi connectivity index (χ2n) is 3.56. The van der Waals surface area contributed by atoms with Gasteiger partial charge in [0.05, 0.1) is 0 Å². The number of hydrogen-bond acceptors (Lipinski definition) is 6. The van der Waals surface area contributed by atoms with Crippen molar-refractivity contribution in [2.45, 2.75) is 22.6 Å². The Balaban J connectivity index is 2.34. The molecule has 1 aromatic carbocycles. The van der Waals surface area contributed by atoms with Crippen LogP contribution in [-0.2, 0) is 6.42 Å². The van der Waals surface area contributed by atoms with E-state index in [9.17, 15) is 4.39 Å². The van der Waals surface area contributed by atoms with E-state index in [0.717, 1.165) is 16.6 Å². The fraction of sp³-hybridized carbons (Fsp3) is 0.182. The largest absolute Gasteiger partial charge is 0.409 e. The third-order valence-electron chi connectivity index (χ3n) is 2.29. The summed E-state index contributed by atoms with van der Waals surface area (Å²) in [6.07, 6.45) is 0.758. The number of amidine groups is 1. The fourth-order valence-corrected chi connectivity index (χ4v) is 3.14. The van der Waals surface area contributed by atoms with E-state index in [1.165, 1.54) is 35.4 Å². The van der Waals surface area contributed by atoms with Gasteiger partial charge < -0.3 is 10.9 Å². The van der Waals surface area contributed by atoms with Gasteiger partial charge in [0.25, 0.3) is 0 Å². The summed E-state index contributed by atoms with van der Waals surface area (Å²) in [4.78, 5) is 4.97. The van der Waals surface area contributed by atoms with Gasteiger partial charge in [0, 0.05) is 16.9 Å². The number of halogens is 1. The highest BCUT2D eigenvalue weighted by atomic mass is 32.2. The van der Waals surface area contributed by atoms with Gasteiger partial charge in [0.1, 0.15) is 11.6 Å². The normalized spacial score (nSPS) is 11.8. The van der Waals surface area contributed by atoms with Crippen molar-refractivity contribution in [1.82, 2.24) is 9.36 Å². The monoisotopic (exact) mass is 298 g/mol. The van der Waals surface area contributed by atoms with E-state index in [-0.39, 0.29) is 5.84 Å². The third-order valence-corrected chi connectivity index (χ3v) is 4.15. The van der Waals surface area contributed by atoms with Gasteiger partial charge in [0.2, 0.25) is 0 Å². The summed E-state index contributed by atoms with van der Waals surface area (Å²) in [5.41, 5.74) is 5.87. The van der Waals surface area contributed by atoms with Crippen LogP contribution in [0.15, 0.2) is 32.6 Å². The van der Waals surface area contributed by atoms with Gasteiger partial charge in [-0.1, -0.05) is 23.8 Å². The zero-order valence-corrected chi connectivity index (χ0v) is 11.6. The molecule has 0 saturated heterocycles. The summed E-state index contributed by atoms with van der Waals surface area (Å²) in [5.74, 6) is 0.180. The number of rotatable bonds is 4. The zero-order chi connectivity index (χ0) is 13.8. The van der Waals surface area contributed by atoms with Gasteiger partial charge in [-0.2, -0.15) is 4.37 Å². The molecule has 100 valence electrons. The molecule has 5 nitrogen and oxygen atoms in total. The molecular weight excluding hydrogens is 287 g/mol. The van der Waals surface area contributed by atoms with Crippen molar-refractivity contribution >= 4 is 29.1 Å². The number of nitrogens with two attached hydrogens (primary N) is 1. The highest BCUT2D eigenvalue weighted by molar-refractivity contribution is 8.01. The Morgan fingerprint density at radius 1 is 1.58 bits per heavy atom. The molecule has 0 bridgehead atoms. The SMILES string of the molecule is CCc1nsc(Sc2ccc(F)cc2C(N)=NO)n1. The van der Waals surface area contributed by atoms with Crippen molar-refractivity contribution in [3.8, 4) is 0 Å². The van der Waals surface area contributed by atoms with E-state index < -0.39 is 5.82 Å². The van der Waals surface area contributed by atoms with Crippen LogP contribution < -0.4 is 5.73 Å². The topological polar surface area (TPSA) is 84.4 Å². The van der Waals surface area contributed by atoms with Crippen LogP contribution in [0, 0.1) is 5.82 Å². The minimum absolute atomic E-state index is 0.137. The molecule has 0 aliphatic rings. The van der Waals surface area contributed by atoms with Crippen molar-refractivity contribution in [3.05, 3.63) is 35.4 Å². The highest BCUT2D eigenvalue weighted by Gasteiger charge is 2.12. The van der Waals surface area contributed by atoms with E-state index in [0.29, 0.717) is 10.5 Å². The van der Waals surface area contributed by atoms with Gasteiger partial charge in [-0.25, -0.2) is 9.37 Å². The molecule has 0 aliphatic heterocycles. The number of nitrogens with zero attached hydrogens (tertiary/aromatic N) is 3. The maximum absolute atomic E-state index is 13.2. The van der Waals surface area contributed by atoms with Crippen molar-refractivity contribution in [2.24, 2.45) is 10.9 Å². The molecule has 0 aliphatic carbocycles. The summed E-state index contributed by atoms with van der Waals surface area (Å²) in [5, 5.41) is 11.6. The second-order valence-corrected chi connectivity index (χ2v) is 5.60. The maximum atomic E-state index is 13.2. The minimum atomic E-state index is -0.447. The van der Waals surface area contributed by atoms with E-state index in [4.69, 9.17) is 10.9 Å². The quantitative estimate of drug-likeness (QED) is 0.392. The predicted octanol–water partition coefficient (Wildman–Crippen LogP) is 2.49. The van der Waals surface area contributed by atoms with Gasteiger partial charge in [-0.15, -0.1) is 0 Å². The van der Waals surface area contributed by atoms with Crippen molar-refractivity contribution in [3.63, 3.8) is 0 Å². The van der Waals surface area contributed by atoms with Crippen LogP contribution >= 0.6 is 23.3 Å². The maximum Gasteiger partial charge on any atom is 0.174 e. The van der Waals surface area contributed by atoms with Crippen LogP contribution in [0.3, 0.4) is 0 Å². The fourth-order valence-electron chi connectivity index (χ4n) is 1.36. The van der Waals surface area contributed by atoms with E-state index in [2.05, 4.69) is 14.5 Å². The summed E-state index contributed by atoms with van der Waals surface area (Å²) in [6, 6.07) is 4.11. The van der Waals surface area contributed by atoms with E-state index >= 15 is 0 Å². The standard InChI is InChI=1S/C11H11FN4OS2/c1-2-9-14-11(19-16-9)18-8-4-3-6(12)5-7(8)10(13)15-17/h3-5,17H,2H2,1H3,(H2,13,15). The van der Waals surface area contributed by atoms with E-state index in [1.54, 1.807) is 6.07 Å². The van der Waals surface area contributed by atoms with Crippen molar-refractivity contribution < 1.29 is 9.60 Å². The van der Waals surface area contributed by atoms with Crippen LogP contribution in [0.1, 0.15) is 18.3 Å². The molecule has 0 spiro atoms. The molecule has 0 fully saturated rings. The lowest BCUT2D eigenvalue weighted by Gasteiger charge is -2.05. The number of oxime groups is 1. The molecule has 0 radical (unpaired) electrons. The van der Waals surface area contributed by atoms with Crippen molar-refractivity contribution in [1.29, 1.82) is 0 Å². The molecule has 0 atom stereocenters. The van der Waals surface area contributed by atoms with E-state index in [1.807, 2.05) is 6.92 Å². The first-order chi connectivity index (χ1) is 9.13. The van der Waals surface area contributed by atoms with Crippen molar-refractivity contribution in [2.75, 3.05) is 0 Å². The Labute approximate surface area is 117 Å². The number of aromatic nitrogens is 2. The van der Waals surface area contributed by atoms with Gasteiger partial charge in [-0.05, 0) is 29.7 Å². The Morgan fingerprint density at radius 2 is 2.37 bits per heavy atom. The second kappa shape index (κ2) is 5.98. The summed E-state index contributed by atoms with van der Waals surface area (Å²) >= 11 is 2.58. The van der Waals surface area contributed by atoms with Gasteiger partial charge in [-0.3, -0.25) is 0 Å². The first kappa shape index (κ1) is 13.8. The average molecular weight is 298 g/mol. The number of hydrogen-bond donors (Lipinski definition) is 2. The Bertz CT molecular complexity index is 614. The van der Waals surface area contributed by atoms with Crippen LogP contribution in [0.25, 0.3) is 0 Å². The zero-order valence-electron chi connectivity index (χ0n) is 10.00. The van der Waals surface area contributed by atoms with Crippen LogP contribution in [0.2, 0.25) is 0 Å². The lowest BCUT2D eigenvalue weighted by Crippen LogP contribution is -2.14. The highest BCUT2D eigenvalue weighted by Crippen LogP contribution is 2.32. The molecule has 2 rings (SSSR count). The smallest absolute Gasteiger partial charge is 0.174 e. The molecular formula is C11H11FN4OS2. The van der Waals surface area contributed by atoms with Gasteiger partial charge >= 0.3 is 0 Å². The van der Waals surface area contributed by atoms with Crippen LogP contribution in [-0.4, -0.2) is 20.4 Å². The Hall–Kier alpha value is -1.67. The first-order valence-corrected chi connectivity index (χ1v) is 7.01. The molecule has 8 heteroatoms. The summed E-state index contributed by atoms with van der Waals surface area (Å²) < 4.78 is 18.1. The van der Waals surface area contributed by atoms with Crippen LogP contribution in [0.5, 0.6) is 0 Å². The Kier molecular flexibility index (Phi) is 4.33. The average Bonchev–Trinajstić information content (AvgIpc) is 2.87. The molecule has 0 unspecified atom stereocenters. The first-order valence-electron chi connectivity index (χ1n) is 5.42. The number of benzene rings is 1. The molecule has 0 amide bonds. The molecule has 0 saturated carbocycles. The Morgan fingerprint density at radius 3 is 3.00 bits per heavy atom. The molecule has 1 aromatic heterocycles. The summed E-state index contributed by atoms with van der Waals surface area (Å²) in [7, 11) is 0. The molecule has 1 heterocycles. The molecule has 2 aromatic rings. The lowest BCUT2D eigenvalue weighted by atomic mass is 10.2. The number of aryl methyl sites for hydroxylation is 1. The predicted molar refractivity (Wildman–Crippen MR) is 72.3 cm³/mol. The minimum Gasteiger partial charge on any atom is -0.409 e. The third kappa shape index (κ3) is 3.21. The lowest BCUT2D eigenvalue weighted by molar-refractivity contribution is 0.318. The molecule has 19 heavy (non-hydrogen) atoms. The summed E-state index contributed by atoms with van der Waals surface area (Å²) in [6.45, 7) is 1.97. The van der Waals surface area contributed by atoms with Gasteiger partial charge in [0.15, 0.2) is 10.2 Å². The molecule has 3 N–H and O–H groups in total. The van der Waals surface area contributed by atoms with Crippen LogP contribution in [0.4, 0.5) is 4.39 Å².